The average molecular weight is 277 g/mol. The molecule has 1 heterocycles. The fourth-order valence-corrected chi connectivity index (χ4v) is 2.44. The number of carbonyl (C=O) groups is 1. The van der Waals surface area contributed by atoms with Crippen molar-refractivity contribution in [1.82, 2.24) is 4.98 Å². The summed E-state index contributed by atoms with van der Waals surface area (Å²) in [7, 11) is 0. The molecule has 19 heavy (non-hydrogen) atoms. The van der Waals surface area contributed by atoms with E-state index in [1.54, 1.807) is 5.38 Å². The molecule has 1 atom stereocenters. The van der Waals surface area contributed by atoms with E-state index >= 15 is 0 Å². The van der Waals surface area contributed by atoms with Gasteiger partial charge in [-0.1, -0.05) is 25.1 Å². The Morgan fingerprint density at radius 1 is 1.53 bits per heavy atom. The molecule has 1 aromatic heterocycles. The summed E-state index contributed by atoms with van der Waals surface area (Å²) in [6.07, 6.45) is 0.913. The number of carboxylic acid groups (broad SMARTS) is 1. The molecular weight excluding hydrogens is 262 g/mol. The van der Waals surface area contributed by atoms with Crippen LogP contribution in [-0.2, 0) is 11.2 Å². The Morgan fingerprint density at radius 3 is 2.95 bits per heavy atom. The summed E-state index contributed by atoms with van der Waals surface area (Å²) in [6.45, 7) is 2.08. The molecule has 0 fully saturated rings. The number of aliphatic carboxylic acids is 1. The second kappa shape index (κ2) is 5.81. The number of nitrogens with two attached hydrogens (primary N) is 1. The Hall–Kier alpha value is -1.92. The molecule has 0 aliphatic heterocycles. The van der Waals surface area contributed by atoms with E-state index in [1.165, 1.54) is 16.9 Å². The van der Waals surface area contributed by atoms with Crippen molar-refractivity contribution in [3.63, 3.8) is 0 Å². The van der Waals surface area contributed by atoms with Gasteiger partial charge in [-0.25, -0.2) is 4.98 Å². The zero-order valence-corrected chi connectivity index (χ0v) is 11.3. The first-order valence-corrected chi connectivity index (χ1v) is 6.78. The smallest absolute Gasteiger partial charge is 0.326 e. The van der Waals surface area contributed by atoms with Crippen molar-refractivity contribution in [3.05, 3.63) is 40.9 Å². The van der Waals surface area contributed by atoms with Crippen LogP contribution < -0.4 is 11.1 Å². The molecule has 1 aromatic carbocycles. The van der Waals surface area contributed by atoms with Crippen molar-refractivity contribution in [3.8, 4) is 0 Å². The predicted molar refractivity (Wildman–Crippen MR) is 75.8 cm³/mol. The highest BCUT2D eigenvalue weighted by molar-refractivity contribution is 7.13. The number of hydrogen-bond donors (Lipinski definition) is 3. The van der Waals surface area contributed by atoms with Crippen molar-refractivity contribution in [2.45, 2.75) is 19.4 Å². The minimum Gasteiger partial charge on any atom is -0.480 e. The monoisotopic (exact) mass is 277 g/mol. The van der Waals surface area contributed by atoms with Gasteiger partial charge in [0.2, 0.25) is 0 Å². The molecule has 6 heteroatoms. The molecule has 4 N–H and O–H groups in total. The van der Waals surface area contributed by atoms with Crippen LogP contribution in [0.1, 0.15) is 24.2 Å². The third kappa shape index (κ3) is 3.10. The molecule has 1 unspecified atom stereocenters. The van der Waals surface area contributed by atoms with Gasteiger partial charge in [0.1, 0.15) is 6.04 Å². The highest BCUT2D eigenvalue weighted by Gasteiger charge is 2.17. The molecule has 0 bridgehead atoms. The Balaban J connectivity index is 2.18. The Bertz CT molecular complexity index is 583. The van der Waals surface area contributed by atoms with Crippen LogP contribution in [0.15, 0.2) is 29.6 Å². The summed E-state index contributed by atoms with van der Waals surface area (Å²) in [5.41, 5.74) is 8.05. The normalized spacial score (nSPS) is 12.1. The van der Waals surface area contributed by atoms with Gasteiger partial charge in [0.15, 0.2) is 5.13 Å². The minimum absolute atomic E-state index is 0.369. The number of aromatic nitrogens is 1. The molecule has 0 amide bonds. The van der Waals surface area contributed by atoms with Gasteiger partial charge in [0, 0.05) is 11.1 Å². The first kappa shape index (κ1) is 13.5. The Kier molecular flexibility index (Phi) is 4.13. The average Bonchev–Trinajstić information content (AvgIpc) is 2.87. The lowest BCUT2D eigenvalue weighted by molar-refractivity contribution is -0.138. The van der Waals surface area contributed by atoms with Crippen molar-refractivity contribution < 1.29 is 9.90 Å². The number of para-hydroxylation sites is 1. The predicted octanol–water partition coefficient (Wildman–Crippen LogP) is 2.53. The molecule has 0 radical (unpaired) electrons. The summed E-state index contributed by atoms with van der Waals surface area (Å²) in [6, 6.07) is 6.86. The standard InChI is InChI=1S/C13H15N3O2S/c1-2-8-5-3-4-6-9(8)15-13-16-10(7-19-13)11(14)12(17)18/h3-7,11H,2,14H2,1H3,(H,15,16)(H,17,18). The lowest BCUT2D eigenvalue weighted by Gasteiger charge is -2.08. The van der Waals surface area contributed by atoms with Gasteiger partial charge in [0.25, 0.3) is 0 Å². The SMILES string of the molecule is CCc1ccccc1Nc1nc(C(N)C(=O)O)cs1. The van der Waals surface area contributed by atoms with Gasteiger partial charge in [-0.15, -0.1) is 11.3 Å². The van der Waals surface area contributed by atoms with Crippen molar-refractivity contribution in [1.29, 1.82) is 0 Å². The largest absolute Gasteiger partial charge is 0.480 e. The van der Waals surface area contributed by atoms with E-state index in [1.807, 2.05) is 24.3 Å². The Labute approximate surface area is 115 Å². The molecule has 0 saturated heterocycles. The zero-order valence-electron chi connectivity index (χ0n) is 10.5. The van der Waals surface area contributed by atoms with Crippen LogP contribution in [0, 0.1) is 0 Å². The number of carboxylic acids is 1. The van der Waals surface area contributed by atoms with Gasteiger partial charge in [-0.05, 0) is 18.1 Å². The maximum atomic E-state index is 10.8. The number of benzene rings is 1. The van der Waals surface area contributed by atoms with Crippen LogP contribution in [0.5, 0.6) is 0 Å². The highest BCUT2D eigenvalue weighted by atomic mass is 32.1. The Morgan fingerprint density at radius 2 is 2.26 bits per heavy atom. The molecule has 0 saturated carbocycles. The van der Waals surface area contributed by atoms with E-state index in [0.717, 1.165) is 12.1 Å². The van der Waals surface area contributed by atoms with E-state index in [4.69, 9.17) is 10.8 Å². The van der Waals surface area contributed by atoms with Crippen LogP contribution in [0.3, 0.4) is 0 Å². The van der Waals surface area contributed by atoms with E-state index in [9.17, 15) is 4.79 Å². The maximum Gasteiger partial charge on any atom is 0.326 e. The highest BCUT2D eigenvalue weighted by Crippen LogP contribution is 2.25. The summed E-state index contributed by atoms with van der Waals surface area (Å²) in [5.74, 6) is -1.08. The zero-order chi connectivity index (χ0) is 13.8. The number of hydrogen-bond acceptors (Lipinski definition) is 5. The third-order valence-electron chi connectivity index (χ3n) is 2.75. The van der Waals surface area contributed by atoms with Crippen LogP contribution in [-0.4, -0.2) is 16.1 Å². The quantitative estimate of drug-likeness (QED) is 0.781. The molecule has 5 nitrogen and oxygen atoms in total. The van der Waals surface area contributed by atoms with Crippen LogP contribution in [0.25, 0.3) is 0 Å². The maximum absolute atomic E-state index is 10.8. The first-order valence-electron chi connectivity index (χ1n) is 5.90. The van der Waals surface area contributed by atoms with Gasteiger partial charge < -0.3 is 16.2 Å². The second-order valence-electron chi connectivity index (χ2n) is 4.03. The molecule has 0 aliphatic rings. The number of nitrogens with zero attached hydrogens (tertiary/aromatic N) is 1. The summed E-state index contributed by atoms with van der Waals surface area (Å²) in [5, 5.41) is 14.3. The summed E-state index contributed by atoms with van der Waals surface area (Å²) in [4.78, 5) is 15.0. The molecule has 0 spiro atoms. The van der Waals surface area contributed by atoms with Crippen LogP contribution in [0.2, 0.25) is 0 Å². The number of nitrogens with one attached hydrogen (secondary N) is 1. The molecule has 2 rings (SSSR count). The summed E-state index contributed by atoms with van der Waals surface area (Å²) < 4.78 is 0. The third-order valence-corrected chi connectivity index (χ3v) is 3.52. The van der Waals surface area contributed by atoms with Gasteiger partial charge in [-0.3, -0.25) is 4.79 Å². The minimum atomic E-state index is -1.08. The number of thiazole rings is 1. The second-order valence-corrected chi connectivity index (χ2v) is 4.89. The number of rotatable bonds is 5. The number of aryl methyl sites for hydroxylation is 1. The van der Waals surface area contributed by atoms with Crippen molar-refractivity contribution in [2.24, 2.45) is 5.73 Å². The summed E-state index contributed by atoms with van der Waals surface area (Å²) >= 11 is 1.34. The van der Waals surface area contributed by atoms with Crippen molar-refractivity contribution >= 4 is 28.1 Å². The number of anilines is 2. The molecule has 100 valence electrons. The van der Waals surface area contributed by atoms with E-state index in [2.05, 4.69) is 17.2 Å². The fraction of sp³-hybridized carbons (Fsp3) is 0.231. The fourth-order valence-electron chi connectivity index (χ4n) is 1.68. The van der Waals surface area contributed by atoms with E-state index < -0.39 is 12.0 Å². The van der Waals surface area contributed by atoms with E-state index in [-0.39, 0.29) is 0 Å². The van der Waals surface area contributed by atoms with Gasteiger partial charge in [-0.2, -0.15) is 0 Å². The van der Waals surface area contributed by atoms with Crippen LogP contribution >= 0.6 is 11.3 Å². The molecule has 0 aliphatic carbocycles. The van der Waals surface area contributed by atoms with Gasteiger partial charge >= 0.3 is 5.97 Å². The first-order chi connectivity index (χ1) is 9.11. The molecule has 2 aromatic rings. The lowest BCUT2D eigenvalue weighted by atomic mass is 10.1. The van der Waals surface area contributed by atoms with Crippen LogP contribution in [0.4, 0.5) is 10.8 Å². The van der Waals surface area contributed by atoms with E-state index in [0.29, 0.717) is 10.8 Å². The lowest BCUT2D eigenvalue weighted by Crippen LogP contribution is -2.20. The molecular formula is C13H15N3O2S. The topological polar surface area (TPSA) is 88.2 Å². The van der Waals surface area contributed by atoms with Crippen molar-refractivity contribution in [2.75, 3.05) is 5.32 Å². The van der Waals surface area contributed by atoms with Gasteiger partial charge in [0.05, 0.1) is 5.69 Å².